The highest BCUT2D eigenvalue weighted by Crippen LogP contribution is 2.30. The molecule has 0 saturated carbocycles. The van der Waals surface area contributed by atoms with Crippen molar-refractivity contribution < 1.29 is 6.16 Å². The first-order valence-corrected chi connectivity index (χ1v) is 7.73. The topological polar surface area (TPSA) is 85.8 Å². The van der Waals surface area contributed by atoms with Crippen LogP contribution in [0, 0.1) is 0 Å². The van der Waals surface area contributed by atoms with Crippen molar-refractivity contribution >= 4 is 28.0 Å². The fourth-order valence-corrected chi connectivity index (χ4v) is 2.21. The quantitative estimate of drug-likeness (QED) is 0.356. The van der Waals surface area contributed by atoms with E-state index in [9.17, 15) is 0 Å². The van der Waals surface area contributed by atoms with Crippen LogP contribution >= 0.6 is 0 Å². The minimum Gasteiger partial charge on any atom is -0.497 e. The lowest BCUT2D eigenvalue weighted by atomic mass is 10.0. The number of benzene rings is 2. The van der Waals surface area contributed by atoms with Gasteiger partial charge in [0.2, 0.25) is 0 Å². The van der Waals surface area contributed by atoms with Gasteiger partial charge in [-0.05, 0) is 43.5 Å². The lowest BCUT2D eigenvalue weighted by Crippen LogP contribution is -2.18. The van der Waals surface area contributed by atoms with E-state index < -0.39 is 0 Å². The van der Waals surface area contributed by atoms with Crippen molar-refractivity contribution in [2.45, 2.75) is 13.8 Å². The molecule has 0 bridgehead atoms. The van der Waals surface area contributed by atoms with Gasteiger partial charge in [0, 0.05) is 32.2 Å². The number of hydrogen-bond donors (Lipinski definition) is 2. The lowest BCUT2D eigenvalue weighted by Gasteiger charge is -2.13. The molecule has 5 nitrogen and oxygen atoms in total. The number of rotatable bonds is 3. The molecule has 0 saturated heterocycles. The number of nitrogens with zero attached hydrogens (tertiary/aromatic N) is 2. The van der Waals surface area contributed by atoms with Gasteiger partial charge in [0.05, 0.1) is 12.8 Å². The largest absolute Gasteiger partial charge is 0.497 e. The molecule has 0 aromatic heterocycles. The van der Waals surface area contributed by atoms with Gasteiger partial charge in [0.25, 0.3) is 0 Å². The van der Waals surface area contributed by atoms with Gasteiger partial charge in [-0.15, -0.1) is 13.2 Å². The van der Waals surface area contributed by atoms with E-state index in [1.165, 1.54) is 0 Å². The zero-order valence-corrected chi connectivity index (χ0v) is 16.0. The number of amidine groups is 1. The van der Waals surface area contributed by atoms with Crippen LogP contribution < -0.4 is 16.6 Å². The molecule has 0 atom stereocenters. The second-order valence-corrected chi connectivity index (χ2v) is 5.38. The van der Waals surface area contributed by atoms with Gasteiger partial charge in [0.15, 0.2) is 0 Å². The van der Waals surface area contributed by atoms with Crippen LogP contribution in [-0.2, 0) is 0 Å². The van der Waals surface area contributed by atoms with Crippen molar-refractivity contribution in [3.05, 3.63) is 55.1 Å². The van der Waals surface area contributed by atoms with Crippen molar-refractivity contribution in [1.29, 1.82) is 0 Å². The molecule has 25 heavy (non-hydrogen) atoms. The van der Waals surface area contributed by atoms with E-state index in [1.54, 1.807) is 7.11 Å². The van der Waals surface area contributed by atoms with Crippen LogP contribution in [0.25, 0.3) is 16.5 Å². The Bertz CT molecular complexity index is 770. The van der Waals surface area contributed by atoms with E-state index in [1.807, 2.05) is 63.2 Å². The van der Waals surface area contributed by atoms with Gasteiger partial charge >= 0.3 is 0 Å². The third-order valence-corrected chi connectivity index (χ3v) is 3.69. The van der Waals surface area contributed by atoms with E-state index in [-0.39, 0.29) is 7.58 Å². The maximum atomic E-state index is 6.22. The summed E-state index contributed by atoms with van der Waals surface area (Å²) in [5.41, 5.74) is 8.87. The Morgan fingerprint density at radius 1 is 1.24 bits per heavy atom. The van der Waals surface area contributed by atoms with E-state index >= 15 is 0 Å². The fraction of sp³-hybridized carbons (Fsp3) is 0.250. The summed E-state index contributed by atoms with van der Waals surface area (Å²) in [5, 5.41) is 2.07. The van der Waals surface area contributed by atoms with Gasteiger partial charge in [0.1, 0.15) is 11.6 Å². The molecule has 0 amide bonds. The maximum absolute atomic E-state index is 6.22. The second kappa shape index (κ2) is 10.2. The Hall–Kier alpha value is -2.79. The summed E-state index contributed by atoms with van der Waals surface area (Å²) in [7, 11) is 5.61. The molecule has 0 aliphatic carbocycles. The van der Waals surface area contributed by atoms with Crippen LogP contribution in [0.3, 0.4) is 0 Å². The minimum atomic E-state index is 0. The third kappa shape index (κ3) is 5.36. The Balaban J connectivity index is 0. The number of hydrogen-bond acceptors (Lipinski definition) is 4. The van der Waals surface area contributed by atoms with Crippen molar-refractivity contribution in [3.63, 3.8) is 0 Å². The summed E-state index contributed by atoms with van der Waals surface area (Å²) < 4.78 is 5.26. The zero-order chi connectivity index (χ0) is 18.3. The Morgan fingerprint density at radius 3 is 2.40 bits per heavy atom. The highest BCUT2D eigenvalue weighted by molar-refractivity contribution is 5.97. The zero-order valence-electron chi connectivity index (χ0n) is 16.0. The molecular formula is C20H32N4O. The molecule has 0 spiro atoms. The number of aliphatic imine (C=N–C) groups is 1. The molecule has 2 rings (SSSR count). The molecule has 5 N–H and O–H groups in total. The smallest absolute Gasteiger partial charge is 0.119 e. The number of methoxy groups -OCH3 is 1. The van der Waals surface area contributed by atoms with E-state index in [2.05, 4.69) is 24.2 Å². The summed E-state index contributed by atoms with van der Waals surface area (Å²) in [6, 6.07) is 9.98. The van der Waals surface area contributed by atoms with Crippen molar-refractivity contribution in [2.75, 3.05) is 26.9 Å². The molecule has 0 radical (unpaired) electrons. The number of anilines is 1. The summed E-state index contributed by atoms with van der Waals surface area (Å²) in [5.74, 6) is 1.75. The SMILES string of the molecule is C/C=C(\N=C(C)N(C)C)c1cc(N)c2cc(OC)ccc2c1.C=C.N.[HH]. The Morgan fingerprint density at radius 2 is 1.88 bits per heavy atom. The number of allylic oxidation sites excluding steroid dienone is 1. The summed E-state index contributed by atoms with van der Waals surface area (Å²) in [4.78, 5) is 6.65. The molecule has 138 valence electrons. The first-order chi connectivity index (χ1) is 11.5. The van der Waals surface area contributed by atoms with E-state index in [4.69, 9.17) is 10.5 Å². The number of ether oxygens (including phenoxy) is 1. The molecule has 0 fully saturated rings. The van der Waals surface area contributed by atoms with Gasteiger partial charge in [-0.2, -0.15) is 0 Å². The molecular weight excluding hydrogens is 312 g/mol. The Labute approximate surface area is 152 Å². The molecule has 0 aliphatic heterocycles. The third-order valence-electron chi connectivity index (χ3n) is 3.69. The van der Waals surface area contributed by atoms with E-state index in [0.29, 0.717) is 0 Å². The normalized spacial score (nSPS) is 11.2. The monoisotopic (exact) mass is 344 g/mol. The van der Waals surface area contributed by atoms with E-state index in [0.717, 1.165) is 39.3 Å². The van der Waals surface area contributed by atoms with Crippen molar-refractivity contribution in [2.24, 2.45) is 4.99 Å². The van der Waals surface area contributed by atoms with Gasteiger partial charge in [-0.25, -0.2) is 4.99 Å². The van der Waals surface area contributed by atoms with Gasteiger partial charge < -0.3 is 21.5 Å². The minimum absolute atomic E-state index is 0. The summed E-state index contributed by atoms with van der Waals surface area (Å²) >= 11 is 0. The Kier molecular flexibility index (Phi) is 9.02. The predicted molar refractivity (Wildman–Crippen MR) is 114 cm³/mol. The first kappa shape index (κ1) is 22.2. The molecule has 2 aromatic rings. The molecule has 0 heterocycles. The van der Waals surface area contributed by atoms with Crippen molar-refractivity contribution in [3.8, 4) is 5.75 Å². The van der Waals surface area contributed by atoms with Crippen LogP contribution in [0.15, 0.2) is 54.6 Å². The number of nitrogens with two attached hydrogens (primary N) is 1. The summed E-state index contributed by atoms with van der Waals surface area (Å²) in [6.07, 6.45) is 2.00. The molecule has 0 aliphatic rings. The van der Waals surface area contributed by atoms with Crippen molar-refractivity contribution in [1.82, 2.24) is 11.1 Å². The summed E-state index contributed by atoms with van der Waals surface area (Å²) in [6.45, 7) is 9.97. The van der Waals surface area contributed by atoms with Crippen LogP contribution in [0.4, 0.5) is 5.69 Å². The van der Waals surface area contributed by atoms with Gasteiger partial charge in [-0.3, -0.25) is 0 Å². The average molecular weight is 345 g/mol. The molecule has 5 heteroatoms. The number of fused-ring (bicyclic) bond motifs is 1. The first-order valence-electron chi connectivity index (χ1n) is 7.73. The van der Waals surface area contributed by atoms with Crippen LogP contribution in [0.5, 0.6) is 5.75 Å². The fourth-order valence-electron chi connectivity index (χ4n) is 2.21. The number of nitrogen functional groups attached to an aromatic ring is 1. The van der Waals surface area contributed by atoms with Crippen LogP contribution in [0.1, 0.15) is 20.8 Å². The second-order valence-electron chi connectivity index (χ2n) is 5.38. The standard InChI is InChI=1S/C18H23N3O.C2H4.H3N.H2/c1-6-18(20-12(2)21(3)4)14-9-13-7-8-15(22-5)11-16(13)17(19)10-14;1-2;;/h6-11H,19H2,1-5H3;1-2H2;1H3;1H/b18-6-,20-12?;;;. The lowest BCUT2D eigenvalue weighted by molar-refractivity contribution is 0.415. The highest BCUT2D eigenvalue weighted by atomic mass is 16.5. The van der Waals surface area contributed by atoms with Gasteiger partial charge in [-0.1, -0.05) is 12.1 Å². The van der Waals surface area contributed by atoms with Crippen LogP contribution in [0.2, 0.25) is 0 Å². The molecule has 2 aromatic carbocycles. The maximum Gasteiger partial charge on any atom is 0.119 e. The molecule has 0 unspecified atom stereocenters. The van der Waals surface area contributed by atoms with Crippen LogP contribution in [-0.4, -0.2) is 31.9 Å². The predicted octanol–water partition coefficient (Wildman–Crippen LogP) is 4.98. The highest BCUT2D eigenvalue weighted by Gasteiger charge is 2.07. The average Bonchev–Trinajstić information content (AvgIpc) is 2.60.